The number of benzene rings is 2. The average Bonchev–Trinajstić information content (AvgIpc) is 2.99. The van der Waals surface area contributed by atoms with Crippen LogP contribution in [0.15, 0.2) is 78.1 Å². The Hall–Kier alpha value is -4.31. The van der Waals surface area contributed by atoms with Crippen molar-refractivity contribution < 1.29 is 19.1 Å². The van der Waals surface area contributed by atoms with Gasteiger partial charge in [-0.25, -0.2) is 0 Å². The second kappa shape index (κ2) is 11.4. The van der Waals surface area contributed by atoms with Crippen LogP contribution in [0.3, 0.4) is 0 Å². The van der Waals surface area contributed by atoms with Crippen molar-refractivity contribution in [2.75, 3.05) is 45.1 Å². The molecule has 3 heterocycles. The first-order valence-electron chi connectivity index (χ1n) is 12.1. The summed E-state index contributed by atoms with van der Waals surface area (Å²) in [7, 11) is 3.06. The molecule has 0 saturated carbocycles. The van der Waals surface area contributed by atoms with Gasteiger partial charge in [-0.1, -0.05) is 18.2 Å². The Balaban J connectivity index is 1.24. The van der Waals surface area contributed by atoms with E-state index in [2.05, 4.69) is 14.7 Å². The molecule has 0 atom stereocenters. The third-order valence-electron chi connectivity index (χ3n) is 6.40. The van der Waals surface area contributed by atoms with Crippen LogP contribution in [0.2, 0.25) is 0 Å². The average molecular weight is 530 g/mol. The van der Waals surface area contributed by atoms with Crippen molar-refractivity contribution in [2.45, 2.75) is 4.90 Å². The van der Waals surface area contributed by atoms with Crippen molar-refractivity contribution in [3.8, 4) is 11.5 Å². The summed E-state index contributed by atoms with van der Waals surface area (Å²) in [5.74, 6) is 0.650. The van der Waals surface area contributed by atoms with Gasteiger partial charge in [-0.3, -0.25) is 19.6 Å². The van der Waals surface area contributed by atoms with Gasteiger partial charge in [0.2, 0.25) is 0 Å². The van der Waals surface area contributed by atoms with E-state index in [9.17, 15) is 9.59 Å². The normalized spacial score (nSPS) is 13.3. The molecule has 9 nitrogen and oxygen atoms in total. The molecule has 0 radical (unpaired) electrons. The van der Waals surface area contributed by atoms with Gasteiger partial charge >= 0.3 is 0 Å². The van der Waals surface area contributed by atoms with Gasteiger partial charge in [-0.15, -0.1) is 0 Å². The summed E-state index contributed by atoms with van der Waals surface area (Å²) in [5.41, 5.74) is 2.67. The topological polar surface area (TPSA) is 96.9 Å². The molecule has 4 aromatic rings. The maximum atomic E-state index is 13.3. The van der Waals surface area contributed by atoms with E-state index in [1.807, 2.05) is 42.5 Å². The Morgan fingerprint density at radius 3 is 2.24 bits per heavy atom. The number of hydrogen-bond acceptors (Lipinski definition) is 8. The van der Waals surface area contributed by atoms with Gasteiger partial charge in [-0.05, 0) is 42.3 Å². The fourth-order valence-corrected chi connectivity index (χ4v) is 5.15. The highest BCUT2D eigenvalue weighted by atomic mass is 32.2. The van der Waals surface area contributed by atoms with E-state index in [0.29, 0.717) is 48.8 Å². The zero-order valence-electron chi connectivity index (χ0n) is 21.1. The molecule has 0 aliphatic carbocycles. The first-order chi connectivity index (χ1) is 18.6. The summed E-state index contributed by atoms with van der Waals surface area (Å²) in [6.45, 7) is 1.69. The molecule has 2 aromatic carbocycles. The van der Waals surface area contributed by atoms with Crippen molar-refractivity contribution in [3.05, 3.63) is 84.3 Å². The minimum absolute atomic E-state index is 0.132. The molecule has 38 heavy (non-hydrogen) atoms. The number of pyridine rings is 2. The van der Waals surface area contributed by atoms with Crippen molar-refractivity contribution in [3.63, 3.8) is 0 Å². The Bertz CT molecular complexity index is 1470. The number of ether oxygens (including phenoxy) is 2. The molecule has 5 rings (SSSR count). The highest BCUT2D eigenvalue weighted by Crippen LogP contribution is 2.31. The molecular formula is C28H27N5O4S. The van der Waals surface area contributed by atoms with Crippen LogP contribution in [0.1, 0.15) is 20.7 Å². The lowest BCUT2D eigenvalue weighted by Crippen LogP contribution is -2.50. The number of hydrogen-bond donors (Lipinski definition) is 1. The predicted molar refractivity (Wildman–Crippen MR) is 147 cm³/mol. The monoisotopic (exact) mass is 529 g/mol. The maximum Gasteiger partial charge on any atom is 0.257 e. The van der Waals surface area contributed by atoms with E-state index in [1.165, 1.54) is 25.3 Å². The van der Waals surface area contributed by atoms with E-state index in [0.717, 1.165) is 21.5 Å². The number of anilines is 1. The van der Waals surface area contributed by atoms with Crippen molar-refractivity contribution in [2.24, 2.45) is 0 Å². The van der Waals surface area contributed by atoms with E-state index in [4.69, 9.17) is 9.47 Å². The lowest BCUT2D eigenvalue weighted by atomic mass is 10.1. The van der Waals surface area contributed by atoms with Crippen LogP contribution in [0, 0.1) is 0 Å². The Morgan fingerprint density at radius 2 is 1.53 bits per heavy atom. The maximum absolute atomic E-state index is 13.3. The first-order valence-corrected chi connectivity index (χ1v) is 12.9. The number of para-hydroxylation sites is 1. The molecular weight excluding hydrogens is 502 g/mol. The van der Waals surface area contributed by atoms with Crippen LogP contribution >= 0.6 is 11.9 Å². The van der Waals surface area contributed by atoms with Gasteiger partial charge in [0.15, 0.2) is 0 Å². The highest BCUT2D eigenvalue weighted by Gasteiger charge is 2.28. The second-order valence-corrected chi connectivity index (χ2v) is 9.46. The fourth-order valence-electron chi connectivity index (χ4n) is 4.38. The summed E-state index contributed by atoms with van der Waals surface area (Å²) in [6, 6.07) is 17.1. The van der Waals surface area contributed by atoms with Crippen molar-refractivity contribution in [1.29, 1.82) is 0 Å². The van der Waals surface area contributed by atoms with Crippen LogP contribution in [-0.4, -0.2) is 72.0 Å². The molecule has 0 spiro atoms. The Labute approximate surface area is 224 Å². The van der Waals surface area contributed by atoms with Gasteiger partial charge in [0.05, 0.1) is 42.0 Å². The molecule has 1 aliphatic rings. The lowest BCUT2D eigenvalue weighted by molar-refractivity contribution is 0.0531. The molecule has 0 unspecified atom stereocenters. The minimum Gasteiger partial charge on any atom is -0.496 e. The molecule has 1 fully saturated rings. The first kappa shape index (κ1) is 25.3. The molecule has 1 N–H and O–H groups in total. The number of methoxy groups -OCH3 is 2. The largest absolute Gasteiger partial charge is 0.496 e. The molecule has 1 saturated heterocycles. The van der Waals surface area contributed by atoms with E-state index >= 15 is 0 Å². The molecule has 0 bridgehead atoms. The van der Waals surface area contributed by atoms with E-state index < -0.39 is 0 Å². The van der Waals surface area contributed by atoms with Gasteiger partial charge in [0.1, 0.15) is 11.5 Å². The van der Waals surface area contributed by atoms with Crippen LogP contribution in [0.4, 0.5) is 5.69 Å². The van der Waals surface area contributed by atoms with Gasteiger partial charge in [-0.2, -0.15) is 0 Å². The number of piperazine rings is 1. The van der Waals surface area contributed by atoms with Gasteiger partial charge in [0, 0.05) is 55.7 Å². The Morgan fingerprint density at radius 1 is 0.842 bits per heavy atom. The van der Waals surface area contributed by atoms with Gasteiger partial charge in [0.25, 0.3) is 11.8 Å². The van der Waals surface area contributed by atoms with E-state index in [1.54, 1.807) is 41.4 Å². The fraction of sp³-hybridized carbons (Fsp3) is 0.214. The number of fused-ring (bicyclic) bond motifs is 1. The standard InChI is InChI=1S/C28H27N5O4S/c1-36-23-17-20(31-38-25-7-3-5-19-6-4-11-30-26(19)25)8-9-21(23)27(34)32-13-15-33(16-14-32)28(35)22-10-12-29-18-24(22)37-2/h3-12,17-18,31H,13-16H2,1-2H3. The summed E-state index contributed by atoms with van der Waals surface area (Å²) < 4.78 is 14.2. The summed E-state index contributed by atoms with van der Waals surface area (Å²) in [4.78, 5) is 39.3. The Kier molecular flexibility index (Phi) is 7.60. The second-order valence-electron chi connectivity index (χ2n) is 8.61. The molecule has 1 aliphatic heterocycles. The highest BCUT2D eigenvalue weighted by molar-refractivity contribution is 8.00. The number of amides is 2. The summed E-state index contributed by atoms with van der Waals surface area (Å²) >= 11 is 1.45. The number of carbonyl (C=O) groups excluding carboxylic acids is 2. The molecule has 10 heteroatoms. The SMILES string of the molecule is COc1cnccc1C(=O)N1CCN(C(=O)c2ccc(NSc3cccc4cccnc34)cc2OC)CC1. The quantitative estimate of drug-likeness (QED) is 0.353. The predicted octanol–water partition coefficient (Wildman–Crippen LogP) is 4.36. The number of carbonyl (C=O) groups is 2. The number of nitrogens with zero attached hydrogens (tertiary/aromatic N) is 4. The van der Waals surface area contributed by atoms with Crippen LogP contribution < -0.4 is 14.2 Å². The third-order valence-corrected chi connectivity index (χ3v) is 7.28. The smallest absolute Gasteiger partial charge is 0.257 e. The number of aromatic nitrogens is 2. The molecule has 2 aromatic heterocycles. The van der Waals surface area contributed by atoms with Gasteiger partial charge < -0.3 is 24.0 Å². The van der Waals surface area contributed by atoms with Crippen LogP contribution in [-0.2, 0) is 0 Å². The number of rotatable bonds is 7. The molecule has 2 amide bonds. The van der Waals surface area contributed by atoms with Crippen LogP contribution in [0.5, 0.6) is 11.5 Å². The minimum atomic E-state index is -0.136. The summed E-state index contributed by atoms with van der Waals surface area (Å²) in [6.07, 6.45) is 4.87. The zero-order chi connectivity index (χ0) is 26.5. The number of nitrogens with one attached hydrogen (secondary N) is 1. The van der Waals surface area contributed by atoms with E-state index in [-0.39, 0.29) is 11.8 Å². The van der Waals surface area contributed by atoms with Crippen molar-refractivity contribution in [1.82, 2.24) is 19.8 Å². The van der Waals surface area contributed by atoms with Crippen LogP contribution in [0.25, 0.3) is 10.9 Å². The summed E-state index contributed by atoms with van der Waals surface area (Å²) in [5, 5.41) is 1.07. The van der Waals surface area contributed by atoms with Crippen molar-refractivity contribution >= 4 is 40.4 Å². The lowest BCUT2D eigenvalue weighted by Gasteiger charge is -2.35. The third kappa shape index (κ3) is 5.21. The molecule has 194 valence electrons. The zero-order valence-corrected chi connectivity index (χ0v) is 21.9.